The molecular formula is C17H19BrO3. The van der Waals surface area contributed by atoms with E-state index in [1.165, 1.54) is 0 Å². The molecule has 0 aliphatic rings. The summed E-state index contributed by atoms with van der Waals surface area (Å²) in [6.45, 7) is 3.96. The van der Waals surface area contributed by atoms with Crippen molar-refractivity contribution in [2.45, 2.75) is 26.1 Å². The first-order chi connectivity index (χ1) is 10.0. The maximum Gasteiger partial charge on any atom is 0.119 e. The minimum atomic E-state index is -0.720. The third-order valence-electron chi connectivity index (χ3n) is 3.07. The molecule has 1 unspecified atom stereocenters. The highest BCUT2D eigenvalue weighted by atomic mass is 79.9. The van der Waals surface area contributed by atoms with E-state index in [1.54, 1.807) is 7.11 Å². The maximum absolute atomic E-state index is 10.5. The van der Waals surface area contributed by atoms with Crippen molar-refractivity contribution in [3.63, 3.8) is 0 Å². The number of hydrogen-bond donors (Lipinski definition) is 1. The van der Waals surface area contributed by atoms with E-state index in [1.807, 2.05) is 56.3 Å². The van der Waals surface area contributed by atoms with Crippen molar-refractivity contribution in [3.05, 3.63) is 58.1 Å². The molecule has 2 aromatic rings. The number of ether oxygens (including phenoxy) is 2. The van der Waals surface area contributed by atoms with E-state index in [2.05, 4.69) is 15.9 Å². The normalized spacial score (nSPS) is 12.3. The quantitative estimate of drug-likeness (QED) is 0.872. The van der Waals surface area contributed by atoms with Gasteiger partial charge in [-0.1, -0.05) is 28.1 Å². The second-order valence-electron chi connectivity index (χ2n) is 5.03. The molecule has 0 heterocycles. The van der Waals surface area contributed by atoms with Crippen LogP contribution in [0.15, 0.2) is 46.9 Å². The number of aliphatic hydroxyl groups excluding tert-OH is 1. The molecule has 0 fully saturated rings. The van der Waals surface area contributed by atoms with Crippen molar-refractivity contribution >= 4 is 15.9 Å². The highest BCUT2D eigenvalue weighted by Gasteiger charge is 2.15. The summed E-state index contributed by atoms with van der Waals surface area (Å²) in [4.78, 5) is 0. The summed E-state index contributed by atoms with van der Waals surface area (Å²) in [5.41, 5.74) is 1.58. The van der Waals surface area contributed by atoms with Crippen LogP contribution in [0, 0.1) is 0 Å². The highest BCUT2D eigenvalue weighted by molar-refractivity contribution is 9.10. The summed E-state index contributed by atoms with van der Waals surface area (Å²) in [5.74, 6) is 1.51. The lowest BCUT2D eigenvalue weighted by molar-refractivity contribution is 0.218. The van der Waals surface area contributed by atoms with Crippen LogP contribution >= 0.6 is 15.9 Å². The van der Waals surface area contributed by atoms with Gasteiger partial charge in [0.1, 0.15) is 17.6 Å². The van der Waals surface area contributed by atoms with Gasteiger partial charge in [0.25, 0.3) is 0 Å². The Morgan fingerprint density at radius 1 is 1.00 bits per heavy atom. The molecule has 2 rings (SSSR count). The summed E-state index contributed by atoms with van der Waals surface area (Å²) < 4.78 is 11.7. The van der Waals surface area contributed by atoms with Crippen LogP contribution in [0.5, 0.6) is 11.5 Å². The Morgan fingerprint density at radius 2 is 1.62 bits per heavy atom. The topological polar surface area (TPSA) is 38.7 Å². The van der Waals surface area contributed by atoms with E-state index >= 15 is 0 Å². The number of aliphatic hydroxyl groups is 1. The lowest BCUT2D eigenvalue weighted by Gasteiger charge is -2.16. The molecular weight excluding hydrogens is 332 g/mol. The zero-order valence-electron chi connectivity index (χ0n) is 12.3. The van der Waals surface area contributed by atoms with E-state index in [4.69, 9.17) is 9.47 Å². The van der Waals surface area contributed by atoms with Crippen molar-refractivity contribution in [2.24, 2.45) is 0 Å². The number of benzene rings is 2. The average molecular weight is 351 g/mol. The van der Waals surface area contributed by atoms with Crippen LogP contribution in [0.3, 0.4) is 0 Å². The molecule has 0 aliphatic carbocycles. The number of methoxy groups -OCH3 is 1. The summed E-state index contributed by atoms with van der Waals surface area (Å²) in [6, 6.07) is 13.0. The lowest BCUT2D eigenvalue weighted by atomic mass is 10.0. The Labute approximate surface area is 133 Å². The first-order valence-corrected chi connectivity index (χ1v) is 7.58. The molecule has 21 heavy (non-hydrogen) atoms. The molecule has 4 heteroatoms. The molecule has 1 atom stereocenters. The van der Waals surface area contributed by atoms with Crippen molar-refractivity contribution in [1.29, 1.82) is 0 Å². The van der Waals surface area contributed by atoms with Crippen LogP contribution in [0.2, 0.25) is 0 Å². The second kappa shape index (κ2) is 6.96. The van der Waals surface area contributed by atoms with E-state index in [9.17, 15) is 5.11 Å². The van der Waals surface area contributed by atoms with Gasteiger partial charge in [0.2, 0.25) is 0 Å². The summed E-state index contributed by atoms with van der Waals surface area (Å²) in [7, 11) is 1.61. The van der Waals surface area contributed by atoms with Crippen molar-refractivity contribution in [2.75, 3.05) is 7.11 Å². The Hall–Kier alpha value is -1.52. The van der Waals surface area contributed by atoms with Gasteiger partial charge in [0.05, 0.1) is 13.2 Å². The highest BCUT2D eigenvalue weighted by Crippen LogP contribution is 2.32. The van der Waals surface area contributed by atoms with Gasteiger partial charge in [-0.15, -0.1) is 0 Å². The molecule has 2 aromatic carbocycles. The van der Waals surface area contributed by atoms with Crippen LogP contribution in [-0.2, 0) is 0 Å². The van der Waals surface area contributed by atoms with Crippen LogP contribution < -0.4 is 9.47 Å². The fraction of sp³-hybridized carbons (Fsp3) is 0.294. The summed E-state index contributed by atoms with van der Waals surface area (Å²) >= 11 is 3.46. The number of rotatable bonds is 5. The first kappa shape index (κ1) is 15.9. The third kappa shape index (κ3) is 3.99. The largest absolute Gasteiger partial charge is 0.497 e. The van der Waals surface area contributed by atoms with Crippen LogP contribution in [0.25, 0.3) is 0 Å². The van der Waals surface area contributed by atoms with Gasteiger partial charge in [-0.2, -0.15) is 0 Å². The SMILES string of the molecule is COc1ccc(Br)c(C(O)c2ccc(OC(C)C)cc2)c1. The summed E-state index contributed by atoms with van der Waals surface area (Å²) in [5, 5.41) is 10.5. The third-order valence-corrected chi connectivity index (χ3v) is 3.79. The molecule has 0 amide bonds. The Morgan fingerprint density at radius 3 is 2.19 bits per heavy atom. The molecule has 112 valence electrons. The van der Waals surface area contributed by atoms with Crippen LogP contribution in [0.1, 0.15) is 31.1 Å². The van der Waals surface area contributed by atoms with Gasteiger partial charge in [0, 0.05) is 10.0 Å². The smallest absolute Gasteiger partial charge is 0.119 e. The average Bonchev–Trinajstić information content (AvgIpc) is 2.47. The predicted molar refractivity (Wildman–Crippen MR) is 87.0 cm³/mol. The molecule has 0 radical (unpaired) electrons. The van der Waals surface area contributed by atoms with Crippen molar-refractivity contribution in [3.8, 4) is 11.5 Å². The lowest BCUT2D eigenvalue weighted by Crippen LogP contribution is -2.06. The van der Waals surface area contributed by atoms with E-state index in [0.29, 0.717) is 5.75 Å². The fourth-order valence-electron chi connectivity index (χ4n) is 2.04. The van der Waals surface area contributed by atoms with Gasteiger partial charge in [-0.25, -0.2) is 0 Å². The van der Waals surface area contributed by atoms with Gasteiger partial charge < -0.3 is 14.6 Å². The van der Waals surface area contributed by atoms with E-state index < -0.39 is 6.10 Å². The first-order valence-electron chi connectivity index (χ1n) is 6.79. The van der Waals surface area contributed by atoms with Gasteiger partial charge in [0.15, 0.2) is 0 Å². The zero-order chi connectivity index (χ0) is 15.4. The molecule has 0 spiro atoms. The van der Waals surface area contributed by atoms with Crippen LogP contribution in [-0.4, -0.2) is 18.3 Å². The molecule has 0 aliphatic heterocycles. The summed E-state index contributed by atoms with van der Waals surface area (Å²) in [6.07, 6.45) is -0.587. The second-order valence-corrected chi connectivity index (χ2v) is 5.88. The Balaban J connectivity index is 2.25. The zero-order valence-corrected chi connectivity index (χ0v) is 13.9. The minimum absolute atomic E-state index is 0.133. The van der Waals surface area contributed by atoms with E-state index in [-0.39, 0.29) is 6.10 Å². The molecule has 0 aromatic heterocycles. The number of halogens is 1. The molecule has 3 nitrogen and oxygen atoms in total. The molecule has 1 N–H and O–H groups in total. The monoisotopic (exact) mass is 350 g/mol. The van der Waals surface area contributed by atoms with Gasteiger partial charge in [-0.3, -0.25) is 0 Å². The molecule has 0 saturated heterocycles. The Kier molecular flexibility index (Phi) is 5.26. The van der Waals surface area contributed by atoms with Crippen molar-refractivity contribution < 1.29 is 14.6 Å². The van der Waals surface area contributed by atoms with Crippen LogP contribution in [0.4, 0.5) is 0 Å². The maximum atomic E-state index is 10.5. The van der Waals surface area contributed by atoms with E-state index in [0.717, 1.165) is 21.3 Å². The standard InChI is InChI=1S/C17H19BrO3/c1-11(2)21-13-6-4-12(5-7-13)17(19)15-10-14(20-3)8-9-16(15)18/h4-11,17,19H,1-3H3. The number of hydrogen-bond acceptors (Lipinski definition) is 3. The van der Waals surface area contributed by atoms with Gasteiger partial charge in [-0.05, 0) is 49.7 Å². The molecule has 0 saturated carbocycles. The fourth-order valence-corrected chi connectivity index (χ4v) is 2.50. The van der Waals surface area contributed by atoms with Crippen molar-refractivity contribution in [1.82, 2.24) is 0 Å². The predicted octanol–water partition coefficient (Wildman–Crippen LogP) is 4.33. The van der Waals surface area contributed by atoms with Gasteiger partial charge >= 0.3 is 0 Å². The Bertz CT molecular complexity index is 593. The molecule has 0 bridgehead atoms. The minimum Gasteiger partial charge on any atom is -0.497 e.